The number of esters is 1. The van der Waals surface area contributed by atoms with Crippen molar-refractivity contribution in [2.75, 3.05) is 0 Å². The molecular weight excluding hydrogens is 336 g/mol. The Kier molecular flexibility index (Phi) is 5.47. The zero-order valence-electron chi connectivity index (χ0n) is 13.5. The van der Waals surface area contributed by atoms with Crippen molar-refractivity contribution in [2.45, 2.75) is 43.2 Å². The first kappa shape index (κ1) is 19.3. The lowest BCUT2D eigenvalue weighted by Gasteiger charge is -2.27. The number of hydrogen-bond donors (Lipinski definition) is 0. The molecule has 1 rings (SSSR count). The smallest absolute Gasteiger partial charge is 0.340 e. The molecule has 24 heavy (non-hydrogen) atoms. The average molecular weight is 352 g/mol. The molecule has 128 valence electrons. The zero-order valence-corrected chi connectivity index (χ0v) is 14.4. The van der Waals surface area contributed by atoms with E-state index in [0.717, 1.165) is 5.56 Å². The minimum Gasteiger partial charge on any atom is -0.459 e. The molecule has 0 bridgehead atoms. The van der Waals surface area contributed by atoms with Crippen molar-refractivity contribution in [1.29, 1.82) is 0 Å². The summed E-state index contributed by atoms with van der Waals surface area (Å²) in [6.45, 7) is 6.19. The average Bonchev–Trinajstić information content (AvgIpc) is 2.45. The van der Waals surface area contributed by atoms with Gasteiger partial charge in [-0.05, 0) is 50.9 Å². The fourth-order valence-corrected chi connectivity index (χ4v) is 3.04. The van der Waals surface area contributed by atoms with E-state index in [9.17, 15) is 13.2 Å². The molecule has 10 nitrogen and oxygen atoms in total. The molecule has 0 aliphatic heterocycles. The lowest BCUT2D eigenvalue weighted by molar-refractivity contribution is -0.157. The zero-order chi connectivity index (χ0) is 18.6. The monoisotopic (exact) mass is 352 g/mol. The lowest BCUT2D eigenvalue weighted by Crippen LogP contribution is -2.46. The second kappa shape index (κ2) is 6.79. The molecule has 0 atom stereocenters. The van der Waals surface area contributed by atoms with Gasteiger partial charge < -0.3 is 4.74 Å². The van der Waals surface area contributed by atoms with Crippen LogP contribution in [0.2, 0.25) is 0 Å². The maximum absolute atomic E-state index is 12.8. The Hall–Kier alpha value is -2.74. The van der Waals surface area contributed by atoms with E-state index in [1.165, 1.54) is 45.0 Å². The van der Waals surface area contributed by atoms with Gasteiger partial charge in [-0.1, -0.05) is 27.9 Å². The maximum Gasteiger partial charge on any atom is 0.340 e. The number of sulfone groups is 1. The standard InChI is InChI=1S/C13H16N6O4S/c1-9-5-7-10(8-6-9)24(21,22)13(16-18-14,17-19-15)11(20)23-12(2,3)4/h5-8H,1-4H3. The number of azide groups is 1. The van der Waals surface area contributed by atoms with Crippen molar-refractivity contribution in [3.05, 3.63) is 50.7 Å². The minimum atomic E-state index is -4.69. The number of ether oxygens (including phenoxy) is 1. The van der Waals surface area contributed by atoms with Crippen LogP contribution in [0.5, 0.6) is 0 Å². The molecule has 0 saturated heterocycles. The summed E-state index contributed by atoms with van der Waals surface area (Å²) >= 11 is 0. The predicted octanol–water partition coefficient (Wildman–Crippen LogP) is 3.38. The van der Waals surface area contributed by atoms with Gasteiger partial charge in [0.1, 0.15) is 5.60 Å². The first-order valence-electron chi connectivity index (χ1n) is 6.67. The van der Waals surface area contributed by atoms with Crippen LogP contribution >= 0.6 is 0 Å². The number of rotatable bonds is 5. The molecule has 0 saturated carbocycles. The van der Waals surface area contributed by atoms with Crippen molar-refractivity contribution < 1.29 is 17.9 Å². The summed E-state index contributed by atoms with van der Waals surface area (Å²) in [7, 11) is -4.69. The Morgan fingerprint density at radius 3 is 1.92 bits per heavy atom. The summed E-state index contributed by atoms with van der Waals surface area (Å²) in [5.74, 6) is -1.48. The number of benzene rings is 1. The highest BCUT2D eigenvalue weighted by Crippen LogP contribution is 2.32. The van der Waals surface area contributed by atoms with Crippen molar-refractivity contribution in [1.82, 2.24) is 0 Å². The fourth-order valence-electron chi connectivity index (χ4n) is 1.67. The van der Waals surface area contributed by atoms with Gasteiger partial charge >= 0.3 is 11.0 Å². The van der Waals surface area contributed by atoms with E-state index in [1.807, 2.05) is 0 Å². The molecule has 0 aliphatic rings. The van der Waals surface area contributed by atoms with E-state index in [2.05, 4.69) is 20.1 Å². The van der Waals surface area contributed by atoms with Gasteiger partial charge in [-0.25, -0.2) is 8.42 Å². The van der Waals surface area contributed by atoms with E-state index < -0.39 is 26.4 Å². The van der Waals surface area contributed by atoms with Gasteiger partial charge in [0.25, 0.3) is 0 Å². The van der Waals surface area contributed by atoms with Gasteiger partial charge in [-0.3, -0.25) is 4.79 Å². The Morgan fingerprint density at radius 2 is 1.54 bits per heavy atom. The summed E-state index contributed by atoms with van der Waals surface area (Å²) < 4.78 is 30.7. The molecule has 0 aromatic heterocycles. The second-order valence-electron chi connectivity index (χ2n) is 5.81. The molecular formula is C13H16N6O4S. The van der Waals surface area contributed by atoms with Crippen LogP contribution in [0.25, 0.3) is 20.9 Å². The van der Waals surface area contributed by atoms with E-state index >= 15 is 0 Å². The molecule has 0 heterocycles. The van der Waals surface area contributed by atoms with E-state index in [1.54, 1.807) is 6.92 Å². The van der Waals surface area contributed by atoms with Crippen LogP contribution in [0.1, 0.15) is 26.3 Å². The SMILES string of the molecule is Cc1ccc(S(=O)(=O)C(N=[N+]=[N-])(N=[N+]=[N-])C(=O)OC(C)(C)C)cc1. The summed E-state index contributed by atoms with van der Waals surface area (Å²) in [5.41, 5.74) is 17.1. The Morgan fingerprint density at radius 1 is 1.08 bits per heavy atom. The lowest BCUT2D eigenvalue weighted by atomic mass is 10.2. The number of nitrogens with zero attached hydrogens (tertiary/aromatic N) is 6. The van der Waals surface area contributed by atoms with E-state index in [4.69, 9.17) is 15.8 Å². The van der Waals surface area contributed by atoms with Crippen LogP contribution in [-0.4, -0.2) is 25.0 Å². The maximum atomic E-state index is 12.8. The number of carbonyl (C=O) groups excluding carboxylic acids is 1. The molecule has 0 radical (unpaired) electrons. The van der Waals surface area contributed by atoms with E-state index in [0.29, 0.717) is 0 Å². The van der Waals surface area contributed by atoms with Crippen LogP contribution in [0, 0.1) is 6.92 Å². The van der Waals surface area contributed by atoms with Crippen molar-refractivity contribution in [3.8, 4) is 0 Å². The van der Waals surface area contributed by atoms with Crippen molar-refractivity contribution >= 4 is 15.8 Å². The highest BCUT2D eigenvalue weighted by Gasteiger charge is 2.53. The minimum absolute atomic E-state index is 0.348. The molecule has 0 aliphatic carbocycles. The molecule has 0 amide bonds. The van der Waals surface area contributed by atoms with Gasteiger partial charge in [0.05, 0.1) is 4.90 Å². The highest BCUT2D eigenvalue weighted by molar-refractivity contribution is 7.93. The number of aryl methyl sites for hydroxylation is 1. The summed E-state index contributed by atoms with van der Waals surface area (Å²) in [6.07, 6.45) is 0. The molecule has 0 fully saturated rings. The van der Waals surface area contributed by atoms with Crippen molar-refractivity contribution in [3.63, 3.8) is 0 Å². The second-order valence-corrected chi connectivity index (χ2v) is 7.85. The van der Waals surface area contributed by atoms with Crippen LogP contribution < -0.4 is 0 Å². The molecule has 0 unspecified atom stereocenters. The van der Waals surface area contributed by atoms with Crippen LogP contribution in [0.3, 0.4) is 0 Å². The van der Waals surface area contributed by atoms with Gasteiger partial charge in [0.15, 0.2) is 0 Å². The van der Waals surface area contributed by atoms with Crippen molar-refractivity contribution in [2.24, 2.45) is 10.2 Å². The largest absolute Gasteiger partial charge is 0.459 e. The molecule has 0 spiro atoms. The quantitative estimate of drug-likeness (QED) is 0.344. The Bertz CT molecular complexity index is 810. The van der Waals surface area contributed by atoms with Crippen LogP contribution in [0.15, 0.2) is 39.4 Å². The highest BCUT2D eigenvalue weighted by atomic mass is 32.2. The first-order valence-corrected chi connectivity index (χ1v) is 8.16. The Labute approximate surface area is 138 Å². The van der Waals surface area contributed by atoms with Gasteiger partial charge in [0, 0.05) is 9.82 Å². The molecule has 11 heteroatoms. The van der Waals surface area contributed by atoms with Gasteiger partial charge in [0.2, 0.25) is 9.84 Å². The van der Waals surface area contributed by atoms with Crippen LogP contribution in [0.4, 0.5) is 0 Å². The number of carbonyl (C=O) groups is 1. The molecule has 0 N–H and O–H groups in total. The third-order valence-corrected chi connectivity index (χ3v) is 4.70. The topological polar surface area (TPSA) is 158 Å². The van der Waals surface area contributed by atoms with E-state index in [-0.39, 0.29) is 4.90 Å². The molecule has 1 aromatic carbocycles. The normalized spacial score (nSPS) is 13.8. The first-order chi connectivity index (χ1) is 11.0. The third-order valence-electron chi connectivity index (χ3n) is 2.73. The molecule has 1 aromatic rings. The summed E-state index contributed by atoms with van der Waals surface area (Å²) in [6, 6.07) is 5.39. The summed E-state index contributed by atoms with van der Waals surface area (Å²) in [5, 5.41) is 6.00. The van der Waals surface area contributed by atoms with Gasteiger partial charge in [-0.2, -0.15) is 0 Å². The predicted molar refractivity (Wildman–Crippen MR) is 85.2 cm³/mol. The Balaban J connectivity index is 3.69. The third kappa shape index (κ3) is 3.77. The van der Waals surface area contributed by atoms with Crippen LogP contribution in [-0.2, 0) is 19.4 Å². The summed E-state index contributed by atoms with van der Waals surface area (Å²) in [4.78, 5) is 13.7. The van der Waals surface area contributed by atoms with Gasteiger partial charge in [-0.15, -0.1) is 0 Å². The fraction of sp³-hybridized carbons (Fsp3) is 0.462. The number of hydrogen-bond acceptors (Lipinski definition) is 6.